The number of amides is 2. The summed E-state index contributed by atoms with van der Waals surface area (Å²) in [6, 6.07) is 14.6. The first-order valence-corrected chi connectivity index (χ1v) is 10.4. The lowest BCUT2D eigenvalue weighted by Crippen LogP contribution is -2.50. The SMILES string of the molecule is O=C(NCCN1CCN(C(=O)c2cc3ccccc3o2)CC1)c1ccc2c(c1)OCO2. The largest absolute Gasteiger partial charge is 0.454 e. The van der Waals surface area contributed by atoms with Gasteiger partial charge in [0, 0.05) is 50.2 Å². The molecule has 3 aromatic rings. The van der Waals surface area contributed by atoms with Crippen molar-refractivity contribution in [2.24, 2.45) is 0 Å². The van der Waals surface area contributed by atoms with Crippen LogP contribution >= 0.6 is 0 Å². The predicted octanol–water partition coefficient (Wildman–Crippen LogP) is 2.35. The molecule has 0 unspecified atom stereocenters. The van der Waals surface area contributed by atoms with Crippen LogP contribution < -0.4 is 14.8 Å². The average molecular weight is 421 g/mol. The van der Waals surface area contributed by atoms with E-state index in [4.69, 9.17) is 13.9 Å². The van der Waals surface area contributed by atoms with Crippen molar-refractivity contribution in [3.8, 4) is 11.5 Å². The highest BCUT2D eigenvalue weighted by Crippen LogP contribution is 2.32. The van der Waals surface area contributed by atoms with Gasteiger partial charge < -0.3 is 24.1 Å². The molecule has 1 saturated heterocycles. The third kappa shape index (κ3) is 4.06. The van der Waals surface area contributed by atoms with E-state index in [-0.39, 0.29) is 18.6 Å². The predicted molar refractivity (Wildman–Crippen MR) is 113 cm³/mol. The van der Waals surface area contributed by atoms with Crippen molar-refractivity contribution >= 4 is 22.8 Å². The van der Waals surface area contributed by atoms with Gasteiger partial charge >= 0.3 is 0 Å². The van der Waals surface area contributed by atoms with Crippen LogP contribution in [0.2, 0.25) is 0 Å². The van der Waals surface area contributed by atoms with Crippen molar-refractivity contribution < 1.29 is 23.5 Å². The van der Waals surface area contributed by atoms with E-state index < -0.39 is 0 Å². The smallest absolute Gasteiger partial charge is 0.289 e. The zero-order chi connectivity index (χ0) is 21.2. The van der Waals surface area contributed by atoms with E-state index in [1.54, 1.807) is 24.3 Å². The average Bonchev–Trinajstić information content (AvgIpc) is 3.45. The van der Waals surface area contributed by atoms with E-state index in [9.17, 15) is 9.59 Å². The Morgan fingerprint density at radius 2 is 1.74 bits per heavy atom. The Balaban J connectivity index is 1.08. The minimum atomic E-state index is -0.142. The number of rotatable bonds is 5. The molecule has 1 aromatic heterocycles. The van der Waals surface area contributed by atoms with Crippen molar-refractivity contribution in [1.82, 2.24) is 15.1 Å². The maximum Gasteiger partial charge on any atom is 0.289 e. The molecule has 1 fully saturated rings. The molecule has 160 valence electrons. The Kier molecular flexibility index (Phi) is 5.21. The summed E-state index contributed by atoms with van der Waals surface area (Å²) in [6.07, 6.45) is 0. The number of fused-ring (bicyclic) bond motifs is 2. The lowest BCUT2D eigenvalue weighted by Gasteiger charge is -2.34. The van der Waals surface area contributed by atoms with E-state index in [0.717, 1.165) is 30.6 Å². The maximum atomic E-state index is 12.8. The number of furan rings is 1. The Bertz CT molecular complexity index is 1080. The highest BCUT2D eigenvalue weighted by atomic mass is 16.7. The quantitative estimate of drug-likeness (QED) is 0.681. The van der Waals surface area contributed by atoms with Gasteiger partial charge in [-0.15, -0.1) is 0 Å². The normalized spacial score (nSPS) is 15.9. The zero-order valence-electron chi connectivity index (χ0n) is 17.0. The van der Waals surface area contributed by atoms with Gasteiger partial charge in [0.25, 0.3) is 11.8 Å². The minimum Gasteiger partial charge on any atom is -0.454 e. The van der Waals surface area contributed by atoms with Crippen molar-refractivity contribution in [3.05, 3.63) is 59.9 Å². The Morgan fingerprint density at radius 3 is 2.58 bits per heavy atom. The Hall–Kier alpha value is -3.52. The topological polar surface area (TPSA) is 84.3 Å². The first-order chi connectivity index (χ1) is 15.2. The maximum absolute atomic E-state index is 12.8. The van der Waals surface area contributed by atoms with Gasteiger partial charge in [-0.3, -0.25) is 14.5 Å². The summed E-state index contributed by atoms with van der Waals surface area (Å²) >= 11 is 0. The number of benzene rings is 2. The molecule has 0 bridgehead atoms. The van der Waals surface area contributed by atoms with Gasteiger partial charge in [-0.05, 0) is 30.3 Å². The Morgan fingerprint density at radius 1 is 0.935 bits per heavy atom. The number of hydrogen-bond acceptors (Lipinski definition) is 6. The first kappa shape index (κ1) is 19.4. The van der Waals surface area contributed by atoms with E-state index >= 15 is 0 Å². The van der Waals surface area contributed by atoms with Crippen LogP contribution in [0.5, 0.6) is 11.5 Å². The van der Waals surface area contributed by atoms with Crippen LogP contribution in [-0.2, 0) is 0 Å². The molecule has 1 N–H and O–H groups in total. The molecule has 2 aliphatic rings. The molecule has 0 saturated carbocycles. The minimum absolute atomic E-state index is 0.0769. The molecule has 0 radical (unpaired) electrons. The second kappa shape index (κ2) is 8.31. The van der Waals surface area contributed by atoms with Crippen LogP contribution in [0.3, 0.4) is 0 Å². The monoisotopic (exact) mass is 421 g/mol. The summed E-state index contributed by atoms with van der Waals surface area (Å²) in [7, 11) is 0. The Labute approximate surface area is 179 Å². The van der Waals surface area contributed by atoms with Crippen LogP contribution in [0.25, 0.3) is 11.0 Å². The highest BCUT2D eigenvalue weighted by Gasteiger charge is 2.24. The molecule has 8 heteroatoms. The summed E-state index contributed by atoms with van der Waals surface area (Å²) in [5, 5.41) is 3.87. The van der Waals surface area contributed by atoms with Gasteiger partial charge in [0.15, 0.2) is 17.3 Å². The molecule has 2 aliphatic heterocycles. The van der Waals surface area contributed by atoms with Crippen LogP contribution in [-0.4, -0.2) is 67.7 Å². The summed E-state index contributed by atoms with van der Waals surface area (Å²) in [4.78, 5) is 29.2. The second-order valence-electron chi connectivity index (χ2n) is 7.61. The molecule has 0 aliphatic carbocycles. The molecular formula is C23H23N3O5. The van der Waals surface area contributed by atoms with Crippen molar-refractivity contribution in [2.45, 2.75) is 0 Å². The third-order valence-electron chi connectivity index (χ3n) is 5.64. The molecular weight excluding hydrogens is 398 g/mol. The van der Waals surface area contributed by atoms with Gasteiger partial charge in [0.1, 0.15) is 5.58 Å². The van der Waals surface area contributed by atoms with Crippen molar-refractivity contribution in [1.29, 1.82) is 0 Å². The first-order valence-electron chi connectivity index (χ1n) is 10.4. The number of para-hydroxylation sites is 1. The molecule has 8 nitrogen and oxygen atoms in total. The van der Waals surface area contributed by atoms with Crippen LogP contribution in [0.15, 0.2) is 52.9 Å². The third-order valence-corrected chi connectivity index (χ3v) is 5.64. The summed E-state index contributed by atoms with van der Waals surface area (Å²) in [5.74, 6) is 1.42. The van der Waals surface area contributed by atoms with Crippen molar-refractivity contribution in [3.63, 3.8) is 0 Å². The highest BCUT2D eigenvalue weighted by molar-refractivity contribution is 5.96. The zero-order valence-corrected chi connectivity index (χ0v) is 17.0. The van der Waals surface area contributed by atoms with Gasteiger partial charge in [-0.25, -0.2) is 0 Å². The van der Waals surface area contributed by atoms with Gasteiger partial charge in [-0.1, -0.05) is 18.2 Å². The van der Waals surface area contributed by atoms with E-state index in [0.29, 0.717) is 42.5 Å². The molecule has 2 aromatic carbocycles. The lowest BCUT2D eigenvalue weighted by atomic mass is 10.2. The number of nitrogens with zero attached hydrogens (tertiary/aromatic N) is 2. The van der Waals surface area contributed by atoms with Crippen molar-refractivity contribution in [2.75, 3.05) is 46.1 Å². The summed E-state index contributed by atoms with van der Waals surface area (Å²) < 4.78 is 16.3. The van der Waals surface area contributed by atoms with Gasteiger partial charge in [-0.2, -0.15) is 0 Å². The lowest BCUT2D eigenvalue weighted by molar-refractivity contribution is 0.0609. The molecule has 5 rings (SSSR count). The summed E-state index contributed by atoms with van der Waals surface area (Å²) in [6.45, 7) is 4.22. The number of piperazine rings is 1. The van der Waals surface area contributed by atoms with Crippen LogP contribution in [0.1, 0.15) is 20.9 Å². The molecule has 0 spiro atoms. The van der Waals surface area contributed by atoms with Gasteiger partial charge in [0.2, 0.25) is 6.79 Å². The molecule has 31 heavy (non-hydrogen) atoms. The van der Waals surface area contributed by atoms with Crippen LogP contribution in [0, 0.1) is 0 Å². The fraction of sp³-hybridized carbons (Fsp3) is 0.304. The van der Waals surface area contributed by atoms with Gasteiger partial charge in [0.05, 0.1) is 0 Å². The number of hydrogen-bond donors (Lipinski definition) is 1. The van der Waals surface area contributed by atoms with Crippen LogP contribution in [0.4, 0.5) is 0 Å². The second-order valence-corrected chi connectivity index (χ2v) is 7.61. The molecule has 3 heterocycles. The number of carbonyl (C=O) groups excluding carboxylic acids is 2. The van der Waals surface area contributed by atoms with E-state index in [1.807, 2.05) is 29.2 Å². The summed E-state index contributed by atoms with van der Waals surface area (Å²) in [5.41, 5.74) is 1.27. The standard InChI is InChI=1S/C23H23N3O5/c27-22(17-5-6-19-20(14-17)30-15-29-19)24-7-8-25-9-11-26(12-10-25)23(28)21-13-16-3-1-2-4-18(16)31-21/h1-6,13-14H,7-12,15H2,(H,24,27). The molecule has 2 amide bonds. The fourth-order valence-corrected chi connectivity index (χ4v) is 3.89. The number of ether oxygens (including phenoxy) is 2. The molecule has 0 atom stereocenters. The van der Waals surface area contributed by atoms with E-state index in [2.05, 4.69) is 10.2 Å². The fourth-order valence-electron chi connectivity index (χ4n) is 3.89. The van der Waals surface area contributed by atoms with E-state index in [1.165, 1.54) is 0 Å². The number of nitrogens with one attached hydrogen (secondary N) is 1. The number of carbonyl (C=O) groups is 2.